The lowest BCUT2D eigenvalue weighted by atomic mass is 9.89. The van der Waals surface area contributed by atoms with Gasteiger partial charge in [-0.2, -0.15) is 0 Å². The second-order valence-electron chi connectivity index (χ2n) is 8.44. The molecule has 2 aromatic carbocycles. The monoisotopic (exact) mass is 561 g/mol. The average molecular weight is 561 g/mol. The lowest BCUT2D eigenvalue weighted by molar-refractivity contribution is -0.914. The fourth-order valence-electron chi connectivity index (χ4n) is 4.31. The summed E-state index contributed by atoms with van der Waals surface area (Å²) in [6.07, 6.45) is 0.909. The highest BCUT2D eigenvalue weighted by molar-refractivity contribution is 5.77. The van der Waals surface area contributed by atoms with E-state index in [1.165, 1.54) is 11.6 Å². The third kappa shape index (κ3) is 4.35. The van der Waals surface area contributed by atoms with E-state index in [4.69, 9.17) is 23.4 Å². The maximum atomic E-state index is 11.5. The first-order valence-corrected chi connectivity index (χ1v) is 10.4. The number of ether oxygens (including phenoxy) is 4. The minimum Gasteiger partial charge on any atom is -1.00 e. The standard InChI is InChI=1S/C25H24NO6.HI/c1-26(2)11-10-17-13-21-24(31-15-30-21)25(28-3)23(17)19(26)5-4-12-29-18-8-6-16-7-9-22(27)32-20(16)14-18;/h6-9,13-14,19H,10-12,15H2,1-3H3;1H/q+1;/p-1. The predicted octanol–water partition coefficient (Wildman–Crippen LogP) is 0.290. The summed E-state index contributed by atoms with van der Waals surface area (Å²) in [4.78, 5) is 11.5. The second kappa shape index (κ2) is 9.15. The molecule has 3 aromatic rings. The highest BCUT2D eigenvalue weighted by Gasteiger charge is 2.40. The molecule has 5 rings (SSSR count). The van der Waals surface area contributed by atoms with Crippen LogP contribution in [0.25, 0.3) is 11.0 Å². The minimum atomic E-state index is -0.389. The molecule has 0 fully saturated rings. The Balaban J connectivity index is 0.00000259. The molecule has 0 saturated heterocycles. The maximum Gasteiger partial charge on any atom is 0.336 e. The molecule has 8 heteroatoms. The van der Waals surface area contributed by atoms with Crippen LogP contribution in [0.3, 0.4) is 0 Å². The van der Waals surface area contributed by atoms with Gasteiger partial charge in [-0.3, -0.25) is 0 Å². The average Bonchev–Trinajstić information content (AvgIpc) is 3.24. The first kappa shape index (κ1) is 23.3. The molecule has 172 valence electrons. The molecular weight excluding hydrogens is 537 g/mol. The molecule has 7 nitrogen and oxygen atoms in total. The van der Waals surface area contributed by atoms with Crippen molar-refractivity contribution in [1.29, 1.82) is 0 Å². The molecule has 1 aromatic heterocycles. The van der Waals surface area contributed by atoms with Crippen molar-refractivity contribution in [3.8, 4) is 34.8 Å². The summed E-state index contributed by atoms with van der Waals surface area (Å²) in [7, 11) is 5.98. The van der Waals surface area contributed by atoms with Crippen molar-refractivity contribution < 1.29 is 51.8 Å². The Morgan fingerprint density at radius 1 is 1.15 bits per heavy atom. The summed E-state index contributed by atoms with van der Waals surface area (Å²) in [5.41, 5.74) is 2.32. The van der Waals surface area contributed by atoms with Crippen LogP contribution in [0.5, 0.6) is 23.0 Å². The van der Waals surface area contributed by atoms with E-state index in [0.717, 1.165) is 29.7 Å². The number of hydrogen-bond donors (Lipinski definition) is 0. The molecule has 3 heterocycles. The van der Waals surface area contributed by atoms with Crippen molar-refractivity contribution in [2.45, 2.75) is 12.5 Å². The second-order valence-corrected chi connectivity index (χ2v) is 8.44. The number of nitrogens with zero attached hydrogens (tertiary/aromatic N) is 1. The molecule has 1 atom stereocenters. The number of fused-ring (bicyclic) bond motifs is 3. The molecular formula is C25H24INO6. The topological polar surface area (TPSA) is 67.1 Å². The molecule has 33 heavy (non-hydrogen) atoms. The molecule has 0 saturated carbocycles. The normalized spacial score (nSPS) is 17.4. The Labute approximate surface area is 208 Å². The third-order valence-electron chi connectivity index (χ3n) is 6.02. The molecule has 0 bridgehead atoms. The zero-order valence-corrected chi connectivity index (χ0v) is 20.8. The summed E-state index contributed by atoms with van der Waals surface area (Å²) in [6, 6.07) is 10.5. The summed E-state index contributed by atoms with van der Waals surface area (Å²) in [5.74, 6) is 9.24. The largest absolute Gasteiger partial charge is 1.00 e. The van der Waals surface area contributed by atoms with Gasteiger partial charge in [-0.25, -0.2) is 4.79 Å². The van der Waals surface area contributed by atoms with Gasteiger partial charge in [-0.1, -0.05) is 5.92 Å². The Morgan fingerprint density at radius 3 is 2.79 bits per heavy atom. The van der Waals surface area contributed by atoms with Gasteiger partial charge in [0, 0.05) is 23.9 Å². The highest BCUT2D eigenvalue weighted by atomic mass is 127. The summed E-state index contributed by atoms with van der Waals surface area (Å²) < 4.78 is 28.8. The Morgan fingerprint density at radius 2 is 1.97 bits per heavy atom. The van der Waals surface area contributed by atoms with Crippen LogP contribution in [-0.4, -0.2) is 45.6 Å². The van der Waals surface area contributed by atoms with E-state index in [2.05, 4.69) is 25.9 Å². The smallest absolute Gasteiger partial charge is 0.336 e. The predicted molar refractivity (Wildman–Crippen MR) is 118 cm³/mol. The molecule has 0 N–H and O–H groups in total. The molecule has 2 aliphatic rings. The van der Waals surface area contributed by atoms with Gasteiger partial charge in [0.1, 0.15) is 17.9 Å². The Hall–Kier alpha value is -2.90. The maximum absolute atomic E-state index is 11.5. The van der Waals surface area contributed by atoms with Gasteiger partial charge in [-0.15, -0.1) is 0 Å². The first-order valence-electron chi connectivity index (χ1n) is 10.4. The summed E-state index contributed by atoms with van der Waals surface area (Å²) >= 11 is 0. The van der Waals surface area contributed by atoms with Crippen LogP contribution in [0.15, 0.2) is 45.6 Å². The Kier molecular flexibility index (Phi) is 6.45. The SMILES string of the molecule is COc1c2c(cc3c1C(C#CCOc1ccc4ccc(=O)oc4c1)[N+](C)(C)CC3)OCO2.[I-]. The van der Waals surface area contributed by atoms with E-state index >= 15 is 0 Å². The number of quaternary nitrogens is 1. The number of halogens is 1. The van der Waals surface area contributed by atoms with Gasteiger partial charge in [-0.05, 0) is 35.7 Å². The van der Waals surface area contributed by atoms with Crippen molar-refractivity contribution >= 4 is 11.0 Å². The molecule has 0 spiro atoms. The van der Waals surface area contributed by atoms with Gasteiger partial charge >= 0.3 is 5.63 Å². The number of methoxy groups -OCH3 is 1. The van der Waals surface area contributed by atoms with Crippen LogP contribution in [-0.2, 0) is 6.42 Å². The van der Waals surface area contributed by atoms with Crippen LogP contribution >= 0.6 is 0 Å². The number of rotatable bonds is 3. The quantitative estimate of drug-likeness (QED) is 0.198. The zero-order valence-electron chi connectivity index (χ0n) is 18.6. The van der Waals surface area contributed by atoms with Crippen LogP contribution in [0, 0.1) is 11.8 Å². The van der Waals surface area contributed by atoms with E-state index < -0.39 is 0 Å². The van der Waals surface area contributed by atoms with Crippen molar-refractivity contribution in [3.05, 3.63) is 57.9 Å². The van der Waals surface area contributed by atoms with E-state index in [1.54, 1.807) is 19.2 Å². The fraction of sp³-hybridized carbons (Fsp3) is 0.320. The van der Waals surface area contributed by atoms with Crippen LogP contribution in [0.1, 0.15) is 17.2 Å². The van der Waals surface area contributed by atoms with Crippen LogP contribution in [0.4, 0.5) is 0 Å². The van der Waals surface area contributed by atoms with E-state index in [0.29, 0.717) is 27.3 Å². The molecule has 1 unspecified atom stereocenters. The minimum absolute atomic E-state index is 0. The van der Waals surface area contributed by atoms with Crippen LogP contribution in [0.2, 0.25) is 0 Å². The molecule has 0 aliphatic carbocycles. The van der Waals surface area contributed by atoms with Crippen molar-refractivity contribution in [1.82, 2.24) is 0 Å². The summed E-state index contributed by atoms with van der Waals surface area (Å²) in [6.45, 7) is 1.35. The zero-order chi connectivity index (χ0) is 22.3. The summed E-state index contributed by atoms with van der Waals surface area (Å²) in [5, 5.41) is 0.840. The lowest BCUT2D eigenvalue weighted by Crippen LogP contribution is -3.00. The molecule has 2 aliphatic heterocycles. The molecule has 0 amide bonds. The number of benzene rings is 2. The van der Waals surface area contributed by atoms with Gasteiger partial charge in [0.25, 0.3) is 0 Å². The number of likely N-dealkylation sites (N-methyl/N-ethyl adjacent to an activating group) is 1. The van der Waals surface area contributed by atoms with Gasteiger partial charge < -0.3 is 51.8 Å². The van der Waals surface area contributed by atoms with Crippen molar-refractivity contribution in [2.75, 3.05) is 41.1 Å². The molecule has 0 radical (unpaired) electrons. The number of hydrogen-bond acceptors (Lipinski definition) is 6. The third-order valence-corrected chi connectivity index (χ3v) is 6.02. The van der Waals surface area contributed by atoms with Gasteiger partial charge in [0.2, 0.25) is 12.5 Å². The van der Waals surface area contributed by atoms with Crippen LogP contribution < -0.4 is 48.5 Å². The van der Waals surface area contributed by atoms with Crippen molar-refractivity contribution in [2.24, 2.45) is 0 Å². The van der Waals surface area contributed by atoms with Gasteiger partial charge in [0.05, 0.1) is 33.3 Å². The van der Waals surface area contributed by atoms with Gasteiger partial charge in [0.15, 0.2) is 17.5 Å². The Bertz CT molecular complexity index is 1320. The van der Waals surface area contributed by atoms with E-state index in [1.807, 2.05) is 18.2 Å². The van der Waals surface area contributed by atoms with E-state index in [-0.39, 0.29) is 49.0 Å². The first-order chi connectivity index (χ1) is 15.5. The highest BCUT2D eigenvalue weighted by Crippen LogP contribution is 2.50. The van der Waals surface area contributed by atoms with Crippen molar-refractivity contribution in [3.63, 3.8) is 0 Å². The fourth-order valence-corrected chi connectivity index (χ4v) is 4.31. The lowest BCUT2D eigenvalue weighted by Gasteiger charge is -2.40. The van der Waals surface area contributed by atoms with E-state index in [9.17, 15) is 4.79 Å².